The Morgan fingerprint density at radius 1 is 1.24 bits per heavy atom. The van der Waals surface area contributed by atoms with E-state index >= 15 is 0 Å². The number of rotatable bonds is 5. The lowest BCUT2D eigenvalue weighted by atomic mass is 10.2. The highest BCUT2D eigenvalue weighted by molar-refractivity contribution is 14.0. The quantitative estimate of drug-likeness (QED) is 0.337. The molecule has 0 radical (unpaired) electrons. The molecule has 1 amide bonds. The molecule has 0 aliphatic carbocycles. The number of hydrogen-bond donors (Lipinski definition) is 2. The molecule has 1 aliphatic rings. The molecule has 1 saturated heterocycles. The van der Waals surface area contributed by atoms with Gasteiger partial charge in [-0.3, -0.25) is 9.79 Å². The van der Waals surface area contributed by atoms with E-state index in [1.165, 1.54) is 5.00 Å². The standard InChI is InChI=1S/C20H26ClN5OS.HI/c1-15-5-6-17(16(21)14-15)24-18(27)7-8-23-20(22-2)26-11-9-25(10-12-26)19-4-3-13-28-19;/h3-6,13-14H,7-12H2,1-2H3,(H,22,23)(H,24,27);1H. The molecule has 9 heteroatoms. The number of anilines is 2. The van der Waals surface area contributed by atoms with Crippen molar-refractivity contribution in [3.8, 4) is 0 Å². The summed E-state index contributed by atoms with van der Waals surface area (Å²) in [4.78, 5) is 21.2. The zero-order chi connectivity index (χ0) is 19.9. The Balaban J connectivity index is 0.00000300. The first kappa shape index (κ1) is 23.8. The van der Waals surface area contributed by atoms with E-state index in [0.29, 0.717) is 23.7 Å². The molecular weight excluding hydrogens is 521 g/mol. The van der Waals surface area contributed by atoms with Crippen LogP contribution in [0.4, 0.5) is 10.7 Å². The number of aryl methyl sites for hydroxylation is 1. The van der Waals surface area contributed by atoms with Crippen molar-refractivity contribution < 1.29 is 4.79 Å². The molecule has 1 fully saturated rings. The lowest BCUT2D eigenvalue weighted by molar-refractivity contribution is -0.116. The number of amides is 1. The molecule has 0 unspecified atom stereocenters. The van der Waals surface area contributed by atoms with Crippen LogP contribution in [0, 0.1) is 6.92 Å². The van der Waals surface area contributed by atoms with Crippen LogP contribution in [0.25, 0.3) is 0 Å². The van der Waals surface area contributed by atoms with Gasteiger partial charge in [0.1, 0.15) is 0 Å². The summed E-state index contributed by atoms with van der Waals surface area (Å²) in [6.07, 6.45) is 0.346. The Hall–Kier alpha value is -1.52. The Bertz CT molecular complexity index is 822. The van der Waals surface area contributed by atoms with Crippen LogP contribution in [-0.2, 0) is 4.79 Å². The molecule has 1 aliphatic heterocycles. The first-order chi connectivity index (χ1) is 13.6. The summed E-state index contributed by atoms with van der Waals surface area (Å²) in [5, 5.41) is 10.1. The van der Waals surface area contributed by atoms with Crippen molar-refractivity contribution in [2.24, 2.45) is 4.99 Å². The number of aliphatic imine (C=N–C) groups is 1. The van der Waals surface area contributed by atoms with Crippen LogP contribution >= 0.6 is 46.9 Å². The van der Waals surface area contributed by atoms with Crippen LogP contribution in [0.2, 0.25) is 5.02 Å². The predicted octanol–water partition coefficient (Wildman–Crippen LogP) is 4.05. The molecule has 3 rings (SSSR count). The third-order valence-corrected chi connectivity index (χ3v) is 5.88. The molecule has 0 atom stereocenters. The number of halogens is 2. The second-order valence-electron chi connectivity index (χ2n) is 6.68. The molecule has 0 bridgehead atoms. The summed E-state index contributed by atoms with van der Waals surface area (Å²) < 4.78 is 0. The maximum atomic E-state index is 12.2. The van der Waals surface area contributed by atoms with Crippen molar-refractivity contribution in [1.82, 2.24) is 10.2 Å². The van der Waals surface area contributed by atoms with Gasteiger partial charge in [0.2, 0.25) is 5.91 Å². The Labute approximate surface area is 198 Å². The van der Waals surface area contributed by atoms with E-state index in [1.54, 1.807) is 18.4 Å². The molecule has 0 saturated carbocycles. The summed E-state index contributed by atoms with van der Waals surface area (Å²) in [5.74, 6) is 0.767. The van der Waals surface area contributed by atoms with Crippen molar-refractivity contribution in [2.45, 2.75) is 13.3 Å². The fourth-order valence-electron chi connectivity index (χ4n) is 3.14. The first-order valence-corrected chi connectivity index (χ1v) is 10.6. The van der Waals surface area contributed by atoms with Gasteiger partial charge in [-0.05, 0) is 42.1 Å². The summed E-state index contributed by atoms with van der Waals surface area (Å²) >= 11 is 7.94. The molecule has 1 aromatic heterocycles. The van der Waals surface area contributed by atoms with Crippen molar-refractivity contribution in [3.05, 3.63) is 46.3 Å². The number of hydrogen-bond acceptors (Lipinski definition) is 4. The van der Waals surface area contributed by atoms with Crippen molar-refractivity contribution >= 4 is 69.5 Å². The molecular formula is C20H27ClIN5OS. The highest BCUT2D eigenvalue weighted by Gasteiger charge is 2.20. The van der Waals surface area contributed by atoms with Gasteiger partial charge >= 0.3 is 0 Å². The molecule has 0 spiro atoms. The number of nitrogens with one attached hydrogen (secondary N) is 2. The average molecular weight is 548 g/mol. The first-order valence-electron chi connectivity index (χ1n) is 9.37. The van der Waals surface area contributed by atoms with Gasteiger partial charge < -0.3 is 20.4 Å². The maximum Gasteiger partial charge on any atom is 0.226 e. The minimum Gasteiger partial charge on any atom is -0.360 e. The van der Waals surface area contributed by atoms with Crippen LogP contribution in [0.15, 0.2) is 40.7 Å². The van der Waals surface area contributed by atoms with E-state index in [1.807, 2.05) is 25.1 Å². The SMILES string of the molecule is CN=C(NCCC(=O)Nc1ccc(C)cc1Cl)N1CCN(c2cccs2)CC1.I. The fraction of sp³-hybridized carbons (Fsp3) is 0.400. The average Bonchev–Trinajstić information content (AvgIpc) is 3.22. The van der Waals surface area contributed by atoms with Gasteiger partial charge in [-0.25, -0.2) is 0 Å². The van der Waals surface area contributed by atoms with Crippen molar-refractivity contribution in [2.75, 3.05) is 50.0 Å². The van der Waals surface area contributed by atoms with Gasteiger partial charge in [0, 0.05) is 46.2 Å². The lowest BCUT2D eigenvalue weighted by Crippen LogP contribution is -2.52. The second-order valence-corrected chi connectivity index (χ2v) is 8.01. The second kappa shape index (κ2) is 11.6. The normalized spacial score (nSPS) is 14.4. The summed E-state index contributed by atoms with van der Waals surface area (Å²) in [7, 11) is 1.78. The maximum absolute atomic E-state index is 12.2. The Morgan fingerprint density at radius 3 is 2.62 bits per heavy atom. The van der Waals surface area contributed by atoms with Gasteiger partial charge in [0.15, 0.2) is 5.96 Å². The number of carbonyl (C=O) groups excluding carboxylic acids is 1. The molecule has 158 valence electrons. The minimum atomic E-state index is -0.0729. The largest absolute Gasteiger partial charge is 0.360 e. The number of piperazine rings is 1. The molecule has 2 N–H and O–H groups in total. The fourth-order valence-corrected chi connectivity index (χ4v) is 4.21. The zero-order valence-electron chi connectivity index (χ0n) is 16.7. The molecule has 29 heavy (non-hydrogen) atoms. The highest BCUT2D eigenvalue weighted by Crippen LogP contribution is 2.23. The molecule has 6 nitrogen and oxygen atoms in total. The van der Waals surface area contributed by atoms with Gasteiger partial charge in [-0.15, -0.1) is 35.3 Å². The Morgan fingerprint density at radius 2 is 2.00 bits per heavy atom. The lowest BCUT2D eigenvalue weighted by Gasteiger charge is -2.37. The molecule has 1 aromatic carbocycles. The van der Waals surface area contributed by atoms with E-state index in [2.05, 4.69) is 42.9 Å². The Kier molecular flexibility index (Phi) is 9.51. The van der Waals surface area contributed by atoms with Crippen LogP contribution in [0.3, 0.4) is 0 Å². The van der Waals surface area contributed by atoms with E-state index in [0.717, 1.165) is 37.7 Å². The molecule has 2 heterocycles. The van der Waals surface area contributed by atoms with Gasteiger partial charge in [-0.2, -0.15) is 0 Å². The summed E-state index contributed by atoms with van der Waals surface area (Å²) in [6, 6.07) is 9.84. The number of guanidine groups is 1. The van der Waals surface area contributed by atoms with E-state index in [4.69, 9.17) is 11.6 Å². The minimum absolute atomic E-state index is 0. The number of thiophene rings is 1. The summed E-state index contributed by atoms with van der Waals surface area (Å²) in [6.45, 7) is 6.23. The number of carbonyl (C=O) groups is 1. The topological polar surface area (TPSA) is 60.0 Å². The van der Waals surface area contributed by atoms with Gasteiger partial charge in [0.25, 0.3) is 0 Å². The third-order valence-electron chi connectivity index (χ3n) is 4.64. The van der Waals surface area contributed by atoms with Gasteiger partial charge in [0.05, 0.1) is 15.7 Å². The highest BCUT2D eigenvalue weighted by atomic mass is 127. The zero-order valence-corrected chi connectivity index (χ0v) is 20.6. The third kappa shape index (κ3) is 6.75. The van der Waals surface area contributed by atoms with Crippen LogP contribution in [0.1, 0.15) is 12.0 Å². The van der Waals surface area contributed by atoms with Gasteiger partial charge in [-0.1, -0.05) is 17.7 Å². The van der Waals surface area contributed by atoms with Crippen molar-refractivity contribution in [1.29, 1.82) is 0 Å². The predicted molar refractivity (Wildman–Crippen MR) is 134 cm³/mol. The van der Waals surface area contributed by atoms with Crippen molar-refractivity contribution in [3.63, 3.8) is 0 Å². The van der Waals surface area contributed by atoms with Crippen LogP contribution in [0.5, 0.6) is 0 Å². The van der Waals surface area contributed by atoms with E-state index in [9.17, 15) is 4.79 Å². The van der Waals surface area contributed by atoms with Crippen LogP contribution in [-0.4, -0.2) is 56.5 Å². The summed E-state index contributed by atoms with van der Waals surface area (Å²) in [5.41, 5.74) is 1.71. The van der Waals surface area contributed by atoms with E-state index in [-0.39, 0.29) is 29.9 Å². The van der Waals surface area contributed by atoms with Crippen LogP contribution < -0.4 is 15.5 Å². The molecule has 2 aromatic rings. The number of nitrogens with zero attached hydrogens (tertiary/aromatic N) is 3. The van der Waals surface area contributed by atoms with E-state index < -0.39 is 0 Å². The monoisotopic (exact) mass is 547 g/mol. The number of benzene rings is 1. The smallest absolute Gasteiger partial charge is 0.226 e.